The van der Waals surface area contributed by atoms with E-state index in [0.717, 1.165) is 12.1 Å². The highest BCUT2D eigenvalue weighted by Gasteiger charge is 2.19. The van der Waals surface area contributed by atoms with Crippen molar-refractivity contribution in [2.24, 2.45) is 0 Å². The molecule has 5 heteroatoms. The maximum atomic E-state index is 11.9. The molecule has 1 aromatic carbocycles. The van der Waals surface area contributed by atoms with Crippen LogP contribution in [0.3, 0.4) is 0 Å². The maximum absolute atomic E-state index is 11.9. The summed E-state index contributed by atoms with van der Waals surface area (Å²) in [5.74, 6) is -0.0753. The number of aliphatic hydroxyl groups is 1. The Kier molecular flexibility index (Phi) is 5.98. The van der Waals surface area contributed by atoms with E-state index in [1.807, 2.05) is 30.3 Å². The lowest BCUT2D eigenvalue weighted by Crippen LogP contribution is -2.44. The van der Waals surface area contributed by atoms with Crippen molar-refractivity contribution in [1.82, 2.24) is 10.6 Å². The fourth-order valence-electron chi connectivity index (χ4n) is 2.30. The van der Waals surface area contributed by atoms with Crippen molar-refractivity contribution < 1.29 is 14.6 Å². The minimum absolute atomic E-state index is 0.0651. The summed E-state index contributed by atoms with van der Waals surface area (Å²) >= 11 is 0. The first-order valence-corrected chi connectivity index (χ1v) is 7.04. The Bertz CT molecular complexity index is 405. The first-order valence-electron chi connectivity index (χ1n) is 7.04. The number of aliphatic hydroxyl groups excluding tert-OH is 1. The van der Waals surface area contributed by atoms with E-state index in [9.17, 15) is 9.90 Å². The molecule has 1 amide bonds. The molecule has 1 heterocycles. The van der Waals surface area contributed by atoms with Crippen LogP contribution in [0.1, 0.15) is 12.0 Å². The van der Waals surface area contributed by atoms with Crippen molar-refractivity contribution in [2.45, 2.75) is 25.0 Å². The van der Waals surface area contributed by atoms with Gasteiger partial charge in [-0.05, 0) is 12.0 Å². The molecule has 20 heavy (non-hydrogen) atoms. The van der Waals surface area contributed by atoms with Crippen LogP contribution in [0, 0.1) is 0 Å². The molecule has 0 saturated carbocycles. The second-order valence-electron chi connectivity index (χ2n) is 5.04. The molecule has 110 valence electrons. The molecule has 5 nitrogen and oxygen atoms in total. The molecular formula is C15H22N2O3. The summed E-state index contributed by atoms with van der Waals surface area (Å²) in [6.07, 6.45) is 0.894. The van der Waals surface area contributed by atoms with E-state index in [0.29, 0.717) is 26.0 Å². The predicted molar refractivity (Wildman–Crippen MR) is 76.4 cm³/mol. The van der Waals surface area contributed by atoms with Gasteiger partial charge >= 0.3 is 0 Å². The normalized spacial score (nSPS) is 20.4. The fraction of sp³-hybridized carbons (Fsp3) is 0.533. The second kappa shape index (κ2) is 7.99. The smallest absolute Gasteiger partial charge is 0.222 e. The zero-order valence-electron chi connectivity index (χ0n) is 11.5. The number of morpholine rings is 1. The molecule has 0 bridgehead atoms. The molecule has 2 atom stereocenters. The summed E-state index contributed by atoms with van der Waals surface area (Å²) < 4.78 is 5.50. The minimum Gasteiger partial charge on any atom is -0.394 e. The number of carbonyl (C=O) groups is 1. The van der Waals surface area contributed by atoms with E-state index >= 15 is 0 Å². The standard InChI is InChI=1S/C15H22N2O3/c18-11-13(8-12-4-2-1-3-5-12)17-15(19)9-14-10-16-6-7-20-14/h1-5,13-14,16,18H,6-11H2,(H,17,19)/t13-,14?/m0/s1. The van der Waals surface area contributed by atoms with Crippen LogP contribution in [0.4, 0.5) is 0 Å². The fourth-order valence-corrected chi connectivity index (χ4v) is 2.30. The van der Waals surface area contributed by atoms with E-state index in [2.05, 4.69) is 10.6 Å². The Morgan fingerprint density at radius 2 is 2.25 bits per heavy atom. The third kappa shape index (κ3) is 4.92. The van der Waals surface area contributed by atoms with Gasteiger partial charge in [-0.3, -0.25) is 4.79 Å². The second-order valence-corrected chi connectivity index (χ2v) is 5.04. The van der Waals surface area contributed by atoms with Gasteiger partial charge < -0.3 is 20.5 Å². The van der Waals surface area contributed by atoms with Crippen molar-refractivity contribution in [1.29, 1.82) is 0 Å². The van der Waals surface area contributed by atoms with E-state index in [4.69, 9.17) is 4.74 Å². The van der Waals surface area contributed by atoms with Crippen molar-refractivity contribution in [3.63, 3.8) is 0 Å². The third-order valence-corrected chi connectivity index (χ3v) is 3.33. The van der Waals surface area contributed by atoms with Gasteiger partial charge in [0.25, 0.3) is 0 Å². The maximum Gasteiger partial charge on any atom is 0.222 e. The van der Waals surface area contributed by atoms with Crippen LogP contribution in [0.5, 0.6) is 0 Å². The number of hydrogen-bond donors (Lipinski definition) is 3. The lowest BCUT2D eigenvalue weighted by Gasteiger charge is -2.24. The molecule has 0 spiro atoms. The predicted octanol–water partition coefficient (Wildman–Crippen LogP) is 0.0847. The summed E-state index contributed by atoms with van der Waals surface area (Å²) in [7, 11) is 0. The highest BCUT2D eigenvalue weighted by atomic mass is 16.5. The average molecular weight is 278 g/mol. The monoisotopic (exact) mass is 278 g/mol. The summed E-state index contributed by atoms with van der Waals surface area (Å²) in [4.78, 5) is 11.9. The Morgan fingerprint density at radius 1 is 1.45 bits per heavy atom. The first-order chi connectivity index (χ1) is 9.78. The topological polar surface area (TPSA) is 70.6 Å². The Labute approximate surface area is 119 Å². The number of ether oxygens (including phenoxy) is 1. The molecule has 1 aliphatic rings. The molecule has 1 aromatic rings. The number of amides is 1. The van der Waals surface area contributed by atoms with Gasteiger partial charge in [0.1, 0.15) is 0 Å². The van der Waals surface area contributed by atoms with Gasteiger partial charge in [-0.1, -0.05) is 30.3 Å². The lowest BCUT2D eigenvalue weighted by molar-refractivity contribution is -0.125. The number of nitrogens with one attached hydrogen (secondary N) is 2. The zero-order valence-corrected chi connectivity index (χ0v) is 11.5. The van der Waals surface area contributed by atoms with Gasteiger partial charge in [0.2, 0.25) is 5.91 Å². The van der Waals surface area contributed by atoms with Crippen LogP contribution in [-0.2, 0) is 16.0 Å². The van der Waals surface area contributed by atoms with Gasteiger partial charge in [0, 0.05) is 13.1 Å². The third-order valence-electron chi connectivity index (χ3n) is 3.33. The number of carbonyl (C=O) groups excluding carboxylic acids is 1. The van der Waals surface area contributed by atoms with E-state index in [-0.39, 0.29) is 24.7 Å². The van der Waals surface area contributed by atoms with Gasteiger partial charge in [-0.25, -0.2) is 0 Å². The minimum atomic E-state index is -0.249. The summed E-state index contributed by atoms with van der Waals surface area (Å²) in [5.41, 5.74) is 1.10. The highest BCUT2D eigenvalue weighted by molar-refractivity contribution is 5.76. The molecule has 0 radical (unpaired) electrons. The molecule has 3 N–H and O–H groups in total. The van der Waals surface area contributed by atoms with Crippen LogP contribution >= 0.6 is 0 Å². The number of rotatable bonds is 6. The van der Waals surface area contributed by atoms with E-state index in [1.54, 1.807) is 0 Å². The SMILES string of the molecule is O=C(CC1CNCCO1)N[C@H](CO)Cc1ccccc1. The Morgan fingerprint density at radius 3 is 2.90 bits per heavy atom. The van der Waals surface area contributed by atoms with E-state index in [1.165, 1.54) is 0 Å². The lowest BCUT2D eigenvalue weighted by atomic mass is 10.1. The summed E-state index contributed by atoms with van der Waals surface area (Å²) in [6, 6.07) is 9.58. The van der Waals surface area contributed by atoms with Gasteiger partial charge in [0.15, 0.2) is 0 Å². The van der Waals surface area contributed by atoms with Gasteiger partial charge in [-0.15, -0.1) is 0 Å². The molecule has 2 rings (SSSR count). The van der Waals surface area contributed by atoms with E-state index < -0.39 is 0 Å². The first kappa shape index (κ1) is 15.0. The van der Waals surface area contributed by atoms with Crippen LogP contribution in [0.25, 0.3) is 0 Å². The molecule has 0 aromatic heterocycles. The summed E-state index contributed by atoms with van der Waals surface area (Å²) in [5, 5.41) is 15.4. The van der Waals surface area contributed by atoms with Crippen LogP contribution in [0.2, 0.25) is 0 Å². The van der Waals surface area contributed by atoms with Crippen LogP contribution in [-0.4, -0.2) is 49.5 Å². The van der Waals surface area contributed by atoms with Crippen molar-refractivity contribution >= 4 is 5.91 Å². The highest BCUT2D eigenvalue weighted by Crippen LogP contribution is 2.05. The summed E-state index contributed by atoms with van der Waals surface area (Å²) in [6.45, 7) is 2.12. The number of benzene rings is 1. The zero-order chi connectivity index (χ0) is 14.2. The largest absolute Gasteiger partial charge is 0.394 e. The van der Waals surface area contributed by atoms with Crippen LogP contribution < -0.4 is 10.6 Å². The Balaban J connectivity index is 1.78. The van der Waals surface area contributed by atoms with Gasteiger partial charge in [-0.2, -0.15) is 0 Å². The molecule has 1 unspecified atom stereocenters. The van der Waals surface area contributed by atoms with Crippen molar-refractivity contribution in [3.05, 3.63) is 35.9 Å². The quantitative estimate of drug-likeness (QED) is 0.689. The average Bonchev–Trinajstić information content (AvgIpc) is 2.48. The molecule has 1 saturated heterocycles. The molecule has 0 aliphatic carbocycles. The van der Waals surface area contributed by atoms with Crippen molar-refractivity contribution in [3.8, 4) is 0 Å². The molecule has 1 fully saturated rings. The van der Waals surface area contributed by atoms with Crippen LogP contribution in [0.15, 0.2) is 30.3 Å². The molecular weight excluding hydrogens is 256 g/mol. The number of hydrogen-bond acceptors (Lipinski definition) is 4. The molecule has 1 aliphatic heterocycles. The van der Waals surface area contributed by atoms with Gasteiger partial charge in [0.05, 0.1) is 31.8 Å². The Hall–Kier alpha value is -1.43. The van der Waals surface area contributed by atoms with Crippen molar-refractivity contribution in [2.75, 3.05) is 26.3 Å².